The predicted molar refractivity (Wildman–Crippen MR) is 89.7 cm³/mol. The summed E-state index contributed by atoms with van der Waals surface area (Å²) in [5.41, 5.74) is 0. The molecule has 0 aliphatic heterocycles. The zero-order valence-electron chi connectivity index (χ0n) is 12.0. The number of halogens is 1. The van der Waals surface area contributed by atoms with Crippen molar-refractivity contribution in [2.24, 2.45) is 5.92 Å². The first-order valence-electron chi connectivity index (χ1n) is 7.65. The number of hydrogen-bond donors (Lipinski definition) is 1. The fourth-order valence-electron chi connectivity index (χ4n) is 3.23. The normalized spacial score (nSPS) is 18.5. The monoisotopic (exact) mass is 307 g/mol. The minimum Gasteiger partial charge on any atom is -0.309 e. The Morgan fingerprint density at radius 3 is 2.75 bits per heavy atom. The molecule has 108 valence electrons. The lowest BCUT2D eigenvalue weighted by Crippen LogP contribution is -2.34. The van der Waals surface area contributed by atoms with Gasteiger partial charge in [-0.25, -0.2) is 0 Å². The van der Waals surface area contributed by atoms with Crippen molar-refractivity contribution >= 4 is 33.0 Å². The Bertz CT molecular complexity index is 571. The van der Waals surface area contributed by atoms with Gasteiger partial charge in [0, 0.05) is 27.5 Å². The molecule has 0 bridgehead atoms. The number of rotatable bonds is 4. The molecule has 0 spiro atoms. The highest BCUT2D eigenvalue weighted by Crippen LogP contribution is 2.35. The van der Waals surface area contributed by atoms with Crippen molar-refractivity contribution in [2.75, 3.05) is 0 Å². The van der Waals surface area contributed by atoms with Gasteiger partial charge in [0.25, 0.3) is 0 Å². The quantitative estimate of drug-likeness (QED) is 0.773. The van der Waals surface area contributed by atoms with E-state index in [1.165, 1.54) is 47.1 Å². The van der Waals surface area contributed by atoms with Crippen LogP contribution in [0.1, 0.15) is 43.9 Å². The first-order valence-corrected chi connectivity index (χ1v) is 8.84. The van der Waals surface area contributed by atoms with Crippen LogP contribution in [-0.2, 0) is 6.54 Å². The molecule has 1 aromatic heterocycles. The van der Waals surface area contributed by atoms with Gasteiger partial charge in [-0.3, -0.25) is 0 Å². The molecular weight excluding hydrogens is 286 g/mol. The molecule has 1 N–H and O–H groups in total. The van der Waals surface area contributed by atoms with E-state index in [0.717, 1.165) is 17.5 Å². The topological polar surface area (TPSA) is 12.0 Å². The average molecular weight is 308 g/mol. The summed E-state index contributed by atoms with van der Waals surface area (Å²) in [7, 11) is 0. The molecule has 1 aromatic carbocycles. The fourth-order valence-corrected chi connectivity index (χ4v) is 4.68. The lowest BCUT2D eigenvalue weighted by atomic mass is 9.84. The molecule has 0 radical (unpaired) electrons. The van der Waals surface area contributed by atoms with Gasteiger partial charge in [0.1, 0.15) is 0 Å². The summed E-state index contributed by atoms with van der Waals surface area (Å²) in [6, 6.07) is 9.00. The largest absolute Gasteiger partial charge is 0.309 e. The molecule has 0 saturated heterocycles. The Morgan fingerprint density at radius 1 is 1.25 bits per heavy atom. The molecule has 1 heterocycles. The van der Waals surface area contributed by atoms with Crippen LogP contribution in [0.5, 0.6) is 0 Å². The van der Waals surface area contributed by atoms with E-state index in [0.29, 0.717) is 6.04 Å². The Morgan fingerprint density at radius 2 is 2.00 bits per heavy atom. The van der Waals surface area contributed by atoms with Crippen LogP contribution in [0.15, 0.2) is 24.3 Å². The lowest BCUT2D eigenvalue weighted by molar-refractivity contribution is 0.281. The van der Waals surface area contributed by atoms with Crippen molar-refractivity contribution in [1.29, 1.82) is 0 Å². The summed E-state index contributed by atoms with van der Waals surface area (Å²) in [5.74, 6) is 0.844. The molecule has 1 aliphatic carbocycles. The van der Waals surface area contributed by atoms with Crippen molar-refractivity contribution in [2.45, 2.75) is 51.6 Å². The van der Waals surface area contributed by atoms with Crippen LogP contribution < -0.4 is 5.32 Å². The van der Waals surface area contributed by atoms with Gasteiger partial charge in [0.05, 0.1) is 5.02 Å². The van der Waals surface area contributed by atoms with E-state index in [2.05, 4.69) is 36.5 Å². The summed E-state index contributed by atoms with van der Waals surface area (Å²) in [5, 5.41) is 5.83. The average Bonchev–Trinajstić information content (AvgIpc) is 2.83. The van der Waals surface area contributed by atoms with Gasteiger partial charge in [0.2, 0.25) is 0 Å². The van der Waals surface area contributed by atoms with Gasteiger partial charge in [0.15, 0.2) is 0 Å². The summed E-state index contributed by atoms with van der Waals surface area (Å²) < 4.78 is 1.29. The Hall–Kier alpha value is -0.570. The van der Waals surface area contributed by atoms with Crippen LogP contribution in [0.3, 0.4) is 0 Å². The molecule has 0 amide bonds. The third-order valence-corrected chi connectivity index (χ3v) is 6.26. The van der Waals surface area contributed by atoms with E-state index in [9.17, 15) is 0 Å². The molecule has 1 fully saturated rings. The summed E-state index contributed by atoms with van der Waals surface area (Å²) in [6.07, 6.45) is 6.99. The third kappa shape index (κ3) is 3.03. The maximum absolute atomic E-state index is 6.50. The minimum atomic E-state index is 0.594. The van der Waals surface area contributed by atoms with Crippen LogP contribution in [0, 0.1) is 5.92 Å². The van der Waals surface area contributed by atoms with E-state index in [4.69, 9.17) is 11.6 Å². The highest BCUT2D eigenvalue weighted by molar-refractivity contribution is 7.19. The number of thiophene rings is 1. The van der Waals surface area contributed by atoms with Crippen LogP contribution >= 0.6 is 22.9 Å². The molecule has 3 rings (SSSR count). The second kappa shape index (κ2) is 6.46. The third-order valence-electron chi connectivity index (χ3n) is 4.54. The molecular formula is C17H22ClNS. The van der Waals surface area contributed by atoms with E-state index in [1.54, 1.807) is 0 Å². The number of hydrogen-bond acceptors (Lipinski definition) is 2. The van der Waals surface area contributed by atoms with Crippen molar-refractivity contribution < 1.29 is 0 Å². The van der Waals surface area contributed by atoms with Crippen molar-refractivity contribution in [3.63, 3.8) is 0 Å². The second-order valence-corrected chi connectivity index (χ2v) is 7.42. The van der Waals surface area contributed by atoms with Gasteiger partial charge in [-0.15, -0.1) is 11.3 Å². The van der Waals surface area contributed by atoms with Crippen molar-refractivity contribution in [1.82, 2.24) is 5.32 Å². The Labute approximate surface area is 130 Å². The van der Waals surface area contributed by atoms with Crippen molar-refractivity contribution in [3.8, 4) is 0 Å². The predicted octanol–water partition coefficient (Wildman–Crippen LogP) is 5.61. The maximum atomic E-state index is 6.50. The Kier molecular flexibility index (Phi) is 4.65. The maximum Gasteiger partial charge on any atom is 0.0636 e. The highest BCUT2D eigenvalue weighted by Gasteiger charge is 2.20. The second-order valence-electron chi connectivity index (χ2n) is 5.90. The van der Waals surface area contributed by atoms with Crippen molar-refractivity contribution in [3.05, 3.63) is 34.2 Å². The first kappa shape index (κ1) is 14.4. The number of fused-ring (bicyclic) bond motifs is 1. The van der Waals surface area contributed by atoms with Gasteiger partial charge >= 0.3 is 0 Å². The molecule has 1 saturated carbocycles. The number of benzene rings is 1. The van der Waals surface area contributed by atoms with Crippen LogP contribution in [0.4, 0.5) is 0 Å². The minimum absolute atomic E-state index is 0.594. The van der Waals surface area contributed by atoms with Gasteiger partial charge < -0.3 is 5.32 Å². The molecule has 0 unspecified atom stereocenters. The molecule has 2 aromatic rings. The van der Waals surface area contributed by atoms with Crippen LogP contribution in [0.2, 0.25) is 5.02 Å². The first-order chi connectivity index (χ1) is 9.75. The zero-order chi connectivity index (χ0) is 13.9. The fraction of sp³-hybridized carbons (Fsp3) is 0.529. The summed E-state index contributed by atoms with van der Waals surface area (Å²) in [6.45, 7) is 3.23. The smallest absolute Gasteiger partial charge is 0.0636 e. The summed E-state index contributed by atoms with van der Waals surface area (Å²) >= 11 is 8.31. The Balaban J connectivity index is 1.65. The lowest BCUT2D eigenvalue weighted by Gasteiger charge is -2.28. The van der Waals surface area contributed by atoms with Crippen LogP contribution in [-0.4, -0.2) is 6.04 Å². The van der Waals surface area contributed by atoms with Gasteiger partial charge in [-0.2, -0.15) is 0 Å². The molecule has 20 heavy (non-hydrogen) atoms. The van der Waals surface area contributed by atoms with Crippen LogP contribution in [0.25, 0.3) is 10.1 Å². The summed E-state index contributed by atoms with van der Waals surface area (Å²) in [4.78, 5) is 1.27. The molecule has 1 nitrogen and oxygen atoms in total. The SMILES string of the molecule is C[C@H](NCc1sc2ccccc2c1Cl)C1CCCCC1. The standard InChI is InChI=1S/C17H22ClNS/c1-12(13-7-3-2-4-8-13)19-11-16-17(18)14-9-5-6-10-15(14)20-16/h5-6,9-10,12-13,19H,2-4,7-8,11H2,1H3/t12-/m0/s1. The molecule has 1 aliphatic rings. The number of nitrogens with one attached hydrogen (secondary N) is 1. The van der Waals surface area contributed by atoms with Gasteiger partial charge in [-0.05, 0) is 31.7 Å². The molecule has 3 heteroatoms. The van der Waals surface area contributed by atoms with E-state index >= 15 is 0 Å². The van der Waals surface area contributed by atoms with E-state index in [1.807, 2.05) is 11.3 Å². The molecule has 1 atom stereocenters. The highest BCUT2D eigenvalue weighted by atomic mass is 35.5. The van der Waals surface area contributed by atoms with E-state index < -0.39 is 0 Å². The van der Waals surface area contributed by atoms with Gasteiger partial charge in [-0.1, -0.05) is 49.1 Å². The zero-order valence-corrected chi connectivity index (χ0v) is 13.6. The van der Waals surface area contributed by atoms with E-state index in [-0.39, 0.29) is 0 Å².